The third-order valence-corrected chi connectivity index (χ3v) is 12.7. The van der Waals surface area contributed by atoms with Gasteiger partial charge >= 0.3 is 0 Å². The highest BCUT2D eigenvalue weighted by atomic mass is 15.0. The molecule has 0 N–H and O–H groups in total. The van der Waals surface area contributed by atoms with Crippen LogP contribution in [0.2, 0.25) is 0 Å². The van der Waals surface area contributed by atoms with Gasteiger partial charge in [-0.05, 0) is 110 Å². The van der Waals surface area contributed by atoms with Gasteiger partial charge in [-0.2, -0.15) is 0 Å². The molecule has 3 aromatic heterocycles. The van der Waals surface area contributed by atoms with E-state index in [4.69, 9.17) is 0 Å². The van der Waals surface area contributed by atoms with Crippen LogP contribution in [0.5, 0.6) is 0 Å². The molecule has 0 radical (unpaired) electrons. The topological polar surface area (TPSA) is 14.8 Å². The SMILES string of the molecule is CC1CCC2=C(C1)c1c(n(-c3ccccc3)c3ccc4c(c13)c1c3cccc(-n5c6ccccc6c6ccccc65)c3ccc1n4-c1ccccc1)CC2. The molecule has 10 aromatic rings. The number of rotatable bonds is 3. The van der Waals surface area contributed by atoms with Gasteiger partial charge in [0.1, 0.15) is 0 Å². The van der Waals surface area contributed by atoms with Crippen LogP contribution >= 0.6 is 0 Å². The third-order valence-electron chi connectivity index (χ3n) is 12.7. The largest absolute Gasteiger partial charge is 0.313 e. The fourth-order valence-corrected chi connectivity index (χ4v) is 10.4. The van der Waals surface area contributed by atoms with Crippen molar-refractivity contribution in [2.24, 2.45) is 5.92 Å². The van der Waals surface area contributed by atoms with E-state index in [9.17, 15) is 0 Å². The number of benzene rings is 7. The first-order valence-corrected chi connectivity index (χ1v) is 19.6. The Morgan fingerprint density at radius 3 is 1.74 bits per heavy atom. The molecule has 2 aliphatic rings. The summed E-state index contributed by atoms with van der Waals surface area (Å²) in [7, 11) is 0. The molecule has 2 aliphatic carbocycles. The zero-order valence-corrected chi connectivity index (χ0v) is 30.4. The van der Waals surface area contributed by atoms with E-state index in [2.05, 4.69) is 172 Å². The monoisotopic (exact) mass is 693 g/mol. The molecule has 0 amide bonds. The first-order valence-electron chi connectivity index (χ1n) is 19.6. The summed E-state index contributed by atoms with van der Waals surface area (Å²) in [5, 5.41) is 9.26. The van der Waals surface area contributed by atoms with Gasteiger partial charge in [0.25, 0.3) is 0 Å². The second kappa shape index (κ2) is 11.3. The van der Waals surface area contributed by atoms with Gasteiger partial charge in [-0.1, -0.05) is 103 Å². The van der Waals surface area contributed by atoms with Gasteiger partial charge in [0, 0.05) is 54.9 Å². The van der Waals surface area contributed by atoms with Crippen molar-refractivity contribution in [3.63, 3.8) is 0 Å². The molecule has 7 aromatic carbocycles. The predicted octanol–water partition coefficient (Wildman–Crippen LogP) is 13.5. The quantitative estimate of drug-likeness (QED) is 0.175. The van der Waals surface area contributed by atoms with Crippen LogP contribution in [0.15, 0.2) is 157 Å². The van der Waals surface area contributed by atoms with Gasteiger partial charge in [0.05, 0.1) is 33.3 Å². The average molecular weight is 694 g/mol. The lowest BCUT2D eigenvalue weighted by atomic mass is 9.76. The fourth-order valence-electron chi connectivity index (χ4n) is 10.4. The van der Waals surface area contributed by atoms with E-state index in [1.165, 1.54) is 106 Å². The van der Waals surface area contributed by atoms with Crippen molar-refractivity contribution in [1.82, 2.24) is 13.7 Å². The summed E-state index contributed by atoms with van der Waals surface area (Å²) in [6.45, 7) is 2.45. The van der Waals surface area contributed by atoms with Crippen molar-refractivity contribution in [3.8, 4) is 17.1 Å². The molecule has 12 rings (SSSR count). The second-order valence-corrected chi connectivity index (χ2v) is 15.6. The van der Waals surface area contributed by atoms with Crippen molar-refractivity contribution < 1.29 is 0 Å². The minimum Gasteiger partial charge on any atom is -0.313 e. The van der Waals surface area contributed by atoms with Crippen molar-refractivity contribution in [3.05, 3.63) is 168 Å². The summed E-state index contributed by atoms with van der Waals surface area (Å²) in [6, 6.07) is 56.3. The fraction of sp³-hybridized carbons (Fsp3) is 0.137. The van der Waals surface area contributed by atoms with Crippen LogP contribution in [-0.2, 0) is 6.42 Å². The normalized spacial score (nSPS) is 16.0. The maximum atomic E-state index is 2.60. The number of nitrogens with zero attached hydrogens (tertiary/aromatic N) is 3. The number of hydrogen-bond acceptors (Lipinski definition) is 0. The third kappa shape index (κ3) is 4.07. The summed E-state index contributed by atoms with van der Waals surface area (Å²) < 4.78 is 7.61. The Kier molecular flexibility index (Phi) is 6.34. The van der Waals surface area contributed by atoms with Crippen LogP contribution in [0.1, 0.15) is 43.9 Å². The van der Waals surface area contributed by atoms with Gasteiger partial charge in [0.15, 0.2) is 0 Å². The van der Waals surface area contributed by atoms with E-state index < -0.39 is 0 Å². The highest BCUT2D eigenvalue weighted by Crippen LogP contribution is 2.51. The molecule has 1 atom stereocenters. The first kappa shape index (κ1) is 30.2. The molecule has 0 spiro atoms. The summed E-state index contributed by atoms with van der Waals surface area (Å²) in [5.41, 5.74) is 16.3. The van der Waals surface area contributed by atoms with Crippen molar-refractivity contribution in [1.29, 1.82) is 0 Å². The highest BCUT2D eigenvalue weighted by Gasteiger charge is 2.32. The summed E-state index contributed by atoms with van der Waals surface area (Å²) in [4.78, 5) is 0. The zero-order valence-electron chi connectivity index (χ0n) is 30.4. The van der Waals surface area contributed by atoms with Crippen LogP contribution in [0.4, 0.5) is 0 Å². The lowest BCUT2D eigenvalue weighted by Gasteiger charge is -2.30. The second-order valence-electron chi connectivity index (χ2n) is 15.6. The van der Waals surface area contributed by atoms with E-state index in [0.29, 0.717) is 5.92 Å². The van der Waals surface area contributed by atoms with Crippen LogP contribution in [0, 0.1) is 5.92 Å². The Morgan fingerprint density at radius 1 is 0.426 bits per heavy atom. The molecule has 0 fully saturated rings. The van der Waals surface area contributed by atoms with Crippen LogP contribution in [0.3, 0.4) is 0 Å². The van der Waals surface area contributed by atoms with Gasteiger partial charge in [-0.3, -0.25) is 0 Å². The van der Waals surface area contributed by atoms with Crippen LogP contribution in [-0.4, -0.2) is 13.7 Å². The Balaban J connectivity index is 1.29. The standard InChI is InChI=1S/C51H39N3/c1-32-23-24-33-25-27-44-49(40(33)31-32)51-47(52(44)34-13-4-2-5-14-34)30-29-46-50(51)48-39-19-12-22-43(38(39)26-28-45(48)53(46)35-15-6-3-7-16-35)54-41-20-10-8-17-36(41)37-18-9-11-21-42(37)54/h2-22,26,28-30,32H,23-25,27,31H2,1H3. The molecule has 0 aliphatic heterocycles. The summed E-state index contributed by atoms with van der Waals surface area (Å²) >= 11 is 0. The van der Waals surface area contributed by atoms with E-state index in [-0.39, 0.29) is 0 Å². The molecule has 3 nitrogen and oxygen atoms in total. The number of aromatic nitrogens is 3. The molecular weight excluding hydrogens is 655 g/mol. The highest BCUT2D eigenvalue weighted by molar-refractivity contribution is 6.31. The molecule has 0 saturated heterocycles. The molecule has 258 valence electrons. The van der Waals surface area contributed by atoms with Gasteiger partial charge < -0.3 is 13.7 Å². The van der Waals surface area contributed by atoms with Crippen molar-refractivity contribution in [2.75, 3.05) is 0 Å². The lowest BCUT2D eigenvalue weighted by Crippen LogP contribution is -2.14. The Morgan fingerprint density at radius 2 is 1.02 bits per heavy atom. The van der Waals surface area contributed by atoms with E-state index >= 15 is 0 Å². The summed E-state index contributed by atoms with van der Waals surface area (Å²) in [5.74, 6) is 0.685. The van der Waals surface area contributed by atoms with Gasteiger partial charge in [-0.15, -0.1) is 0 Å². The first-order chi connectivity index (χ1) is 26.7. The molecule has 3 heteroatoms. The smallest absolute Gasteiger partial charge is 0.0549 e. The minimum absolute atomic E-state index is 0.685. The number of hydrogen-bond donors (Lipinski definition) is 0. The zero-order chi connectivity index (χ0) is 35.5. The Bertz CT molecular complexity index is 3130. The molecule has 54 heavy (non-hydrogen) atoms. The predicted molar refractivity (Wildman–Crippen MR) is 228 cm³/mol. The molecule has 0 saturated carbocycles. The summed E-state index contributed by atoms with van der Waals surface area (Å²) in [6.07, 6.45) is 5.91. The average Bonchev–Trinajstić information content (AvgIpc) is 3.87. The Labute approximate surface area is 314 Å². The molecular formula is C51H39N3. The molecule has 3 heterocycles. The Hall–Kier alpha value is -6.32. The molecule has 1 unspecified atom stereocenters. The van der Waals surface area contributed by atoms with Crippen molar-refractivity contribution >= 4 is 70.9 Å². The van der Waals surface area contributed by atoms with E-state index in [1.807, 2.05) is 0 Å². The van der Waals surface area contributed by atoms with E-state index in [1.54, 1.807) is 11.1 Å². The lowest BCUT2D eigenvalue weighted by molar-refractivity contribution is 0.512. The van der Waals surface area contributed by atoms with Crippen LogP contribution in [0.25, 0.3) is 87.9 Å². The minimum atomic E-state index is 0.685. The van der Waals surface area contributed by atoms with Gasteiger partial charge in [0.2, 0.25) is 0 Å². The van der Waals surface area contributed by atoms with Gasteiger partial charge in [-0.25, -0.2) is 0 Å². The van der Waals surface area contributed by atoms with Crippen molar-refractivity contribution in [2.45, 2.75) is 39.0 Å². The maximum absolute atomic E-state index is 2.60. The number of para-hydroxylation sites is 4. The molecule has 0 bridgehead atoms. The van der Waals surface area contributed by atoms with Crippen LogP contribution < -0.4 is 0 Å². The number of allylic oxidation sites excluding steroid dienone is 2. The van der Waals surface area contributed by atoms with E-state index in [0.717, 1.165) is 19.3 Å². The number of fused-ring (bicyclic) bond motifs is 13. The maximum Gasteiger partial charge on any atom is 0.0549 e.